The molecule has 1 aliphatic rings. The Morgan fingerprint density at radius 1 is 1.55 bits per heavy atom. The standard InChI is InChI=1S/C14H19N5O/c1-18-9-11(8-16-18)7-14(20)19-6-2-3-12(10-19)13-4-5-15-17-13/h4-5,8-9,12H,2-3,6-7,10H2,1H3,(H,15,17). The smallest absolute Gasteiger partial charge is 0.227 e. The zero-order valence-electron chi connectivity index (χ0n) is 11.6. The van der Waals surface area contributed by atoms with Gasteiger partial charge < -0.3 is 4.90 Å². The first kappa shape index (κ1) is 12.9. The highest BCUT2D eigenvalue weighted by atomic mass is 16.2. The van der Waals surface area contributed by atoms with Crippen LogP contribution in [0.15, 0.2) is 24.7 Å². The second-order valence-corrected chi connectivity index (χ2v) is 5.39. The van der Waals surface area contributed by atoms with Crippen molar-refractivity contribution in [2.75, 3.05) is 13.1 Å². The summed E-state index contributed by atoms with van der Waals surface area (Å²) >= 11 is 0. The maximum atomic E-state index is 12.4. The van der Waals surface area contributed by atoms with Crippen LogP contribution < -0.4 is 0 Å². The summed E-state index contributed by atoms with van der Waals surface area (Å²) in [4.78, 5) is 14.3. The lowest BCUT2D eigenvalue weighted by Gasteiger charge is -2.32. The molecule has 1 N–H and O–H groups in total. The van der Waals surface area contributed by atoms with Crippen molar-refractivity contribution < 1.29 is 4.79 Å². The van der Waals surface area contributed by atoms with Crippen molar-refractivity contribution >= 4 is 5.91 Å². The van der Waals surface area contributed by atoms with Gasteiger partial charge in [-0.25, -0.2) is 0 Å². The van der Waals surface area contributed by atoms with Gasteiger partial charge in [0.25, 0.3) is 0 Å². The SMILES string of the molecule is Cn1cc(CC(=O)N2CCCC(c3ccn[nH]3)C2)cn1. The van der Waals surface area contributed by atoms with Crippen molar-refractivity contribution in [1.82, 2.24) is 24.9 Å². The largest absolute Gasteiger partial charge is 0.342 e. The molecule has 1 amide bonds. The van der Waals surface area contributed by atoms with E-state index in [1.54, 1.807) is 17.1 Å². The summed E-state index contributed by atoms with van der Waals surface area (Å²) in [5, 5.41) is 11.1. The number of H-pyrrole nitrogens is 1. The van der Waals surface area contributed by atoms with Crippen molar-refractivity contribution in [3.8, 4) is 0 Å². The van der Waals surface area contributed by atoms with Crippen molar-refractivity contribution in [3.63, 3.8) is 0 Å². The lowest BCUT2D eigenvalue weighted by molar-refractivity contribution is -0.131. The van der Waals surface area contributed by atoms with Crippen LogP contribution in [0.5, 0.6) is 0 Å². The van der Waals surface area contributed by atoms with Crippen molar-refractivity contribution in [3.05, 3.63) is 35.9 Å². The first-order chi connectivity index (χ1) is 9.72. The highest BCUT2D eigenvalue weighted by molar-refractivity contribution is 5.78. The second kappa shape index (κ2) is 5.48. The predicted octanol–water partition coefficient (Wildman–Crippen LogP) is 1.09. The summed E-state index contributed by atoms with van der Waals surface area (Å²) in [5.41, 5.74) is 2.10. The fourth-order valence-corrected chi connectivity index (χ4v) is 2.80. The molecule has 0 saturated carbocycles. The van der Waals surface area contributed by atoms with Crippen LogP contribution in [0.25, 0.3) is 0 Å². The van der Waals surface area contributed by atoms with Crippen molar-refractivity contribution in [2.24, 2.45) is 7.05 Å². The van der Waals surface area contributed by atoms with E-state index < -0.39 is 0 Å². The van der Waals surface area contributed by atoms with Crippen LogP contribution in [0.2, 0.25) is 0 Å². The second-order valence-electron chi connectivity index (χ2n) is 5.39. The van der Waals surface area contributed by atoms with Crippen LogP contribution in [-0.2, 0) is 18.3 Å². The van der Waals surface area contributed by atoms with E-state index in [0.29, 0.717) is 12.3 Å². The van der Waals surface area contributed by atoms with Crippen molar-refractivity contribution in [2.45, 2.75) is 25.2 Å². The molecule has 6 nitrogen and oxygen atoms in total. The van der Waals surface area contributed by atoms with Gasteiger partial charge in [0, 0.05) is 44.1 Å². The van der Waals surface area contributed by atoms with E-state index in [1.165, 1.54) is 0 Å². The molecule has 1 fully saturated rings. The number of carbonyl (C=O) groups excluding carboxylic acids is 1. The number of nitrogens with zero attached hydrogens (tertiary/aromatic N) is 4. The zero-order valence-corrected chi connectivity index (χ0v) is 11.6. The minimum Gasteiger partial charge on any atom is -0.342 e. The molecule has 2 aromatic heterocycles. The number of rotatable bonds is 3. The van der Waals surface area contributed by atoms with Gasteiger partial charge in [-0.3, -0.25) is 14.6 Å². The van der Waals surface area contributed by atoms with Gasteiger partial charge in [0.1, 0.15) is 0 Å². The third-order valence-corrected chi connectivity index (χ3v) is 3.85. The normalized spacial score (nSPS) is 19.2. The van der Waals surface area contributed by atoms with Gasteiger partial charge >= 0.3 is 0 Å². The molecule has 0 spiro atoms. The summed E-state index contributed by atoms with van der Waals surface area (Å²) in [6, 6.07) is 2.00. The van der Waals surface area contributed by atoms with Gasteiger partial charge in [0.15, 0.2) is 0 Å². The monoisotopic (exact) mass is 273 g/mol. The Morgan fingerprint density at radius 2 is 2.45 bits per heavy atom. The first-order valence-electron chi connectivity index (χ1n) is 6.97. The molecule has 2 aromatic rings. The highest BCUT2D eigenvalue weighted by Gasteiger charge is 2.25. The molecule has 106 valence electrons. The van der Waals surface area contributed by atoms with Gasteiger partial charge in [-0.15, -0.1) is 0 Å². The van der Waals surface area contributed by atoms with Gasteiger partial charge in [0.05, 0.1) is 12.6 Å². The minimum absolute atomic E-state index is 0.183. The first-order valence-corrected chi connectivity index (χ1v) is 6.97. The Labute approximate surface area is 117 Å². The van der Waals surface area contributed by atoms with E-state index in [-0.39, 0.29) is 5.91 Å². The van der Waals surface area contributed by atoms with E-state index in [4.69, 9.17) is 0 Å². The molecule has 0 radical (unpaired) electrons. The van der Waals surface area contributed by atoms with E-state index in [9.17, 15) is 4.79 Å². The third-order valence-electron chi connectivity index (χ3n) is 3.85. The average Bonchev–Trinajstić information content (AvgIpc) is 3.11. The molecule has 6 heteroatoms. The Hall–Kier alpha value is -2.11. The Bertz CT molecular complexity index is 574. The van der Waals surface area contributed by atoms with Crippen LogP contribution in [0, 0.1) is 0 Å². The predicted molar refractivity (Wildman–Crippen MR) is 74.1 cm³/mol. The molecule has 3 heterocycles. The molecule has 0 aliphatic carbocycles. The molecule has 1 atom stereocenters. The summed E-state index contributed by atoms with van der Waals surface area (Å²) in [5.74, 6) is 0.561. The third kappa shape index (κ3) is 2.74. The van der Waals surface area contributed by atoms with E-state index in [1.807, 2.05) is 24.2 Å². The number of hydrogen-bond donors (Lipinski definition) is 1. The van der Waals surface area contributed by atoms with Gasteiger partial charge in [0.2, 0.25) is 5.91 Å². The molecule has 3 rings (SSSR count). The molecule has 0 bridgehead atoms. The molecule has 1 unspecified atom stereocenters. The molecule has 20 heavy (non-hydrogen) atoms. The number of hydrogen-bond acceptors (Lipinski definition) is 3. The fourth-order valence-electron chi connectivity index (χ4n) is 2.80. The van der Waals surface area contributed by atoms with Crippen molar-refractivity contribution in [1.29, 1.82) is 0 Å². The summed E-state index contributed by atoms with van der Waals surface area (Å²) in [6.07, 6.45) is 8.01. The zero-order chi connectivity index (χ0) is 13.9. The van der Waals surface area contributed by atoms with E-state index in [0.717, 1.165) is 37.2 Å². The average molecular weight is 273 g/mol. The number of carbonyl (C=O) groups is 1. The number of aromatic amines is 1. The van der Waals surface area contributed by atoms with Gasteiger partial charge in [-0.1, -0.05) is 0 Å². The number of amides is 1. The quantitative estimate of drug-likeness (QED) is 0.910. The molecule has 0 aromatic carbocycles. The Morgan fingerprint density at radius 3 is 3.15 bits per heavy atom. The van der Waals surface area contributed by atoms with Crippen LogP contribution in [0.1, 0.15) is 30.0 Å². The lowest BCUT2D eigenvalue weighted by atomic mass is 9.94. The number of likely N-dealkylation sites (tertiary alicyclic amines) is 1. The van der Waals surface area contributed by atoms with Crippen LogP contribution in [-0.4, -0.2) is 43.9 Å². The topological polar surface area (TPSA) is 66.8 Å². The molecule has 1 aliphatic heterocycles. The van der Waals surface area contributed by atoms with Gasteiger partial charge in [-0.2, -0.15) is 10.2 Å². The Kier molecular flexibility index (Phi) is 3.54. The minimum atomic E-state index is 0.183. The van der Waals surface area contributed by atoms with Crippen LogP contribution in [0.3, 0.4) is 0 Å². The number of piperidine rings is 1. The van der Waals surface area contributed by atoms with Crippen LogP contribution >= 0.6 is 0 Å². The summed E-state index contributed by atoms with van der Waals surface area (Å²) in [6.45, 7) is 1.63. The van der Waals surface area contributed by atoms with Crippen LogP contribution in [0.4, 0.5) is 0 Å². The molecular formula is C14H19N5O. The molecular weight excluding hydrogens is 254 g/mol. The summed E-state index contributed by atoms with van der Waals surface area (Å²) in [7, 11) is 1.86. The summed E-state index contributed by atoms with van der Waals surface area (Å²) < 4.78 is 1.73. The van der Waals surface area contributed by atoms with E-state index in [2.05, 4.69) is 15.3 Å². The maximum absolute atomic E-state index is 12.4. The van der Waals surface area contributed by atoms with E-state index >= 15 is 0 Å². The fraction of sp³-hybridized carbons (Fsp3) is 0.500. The number of aryl methyl sites for hydroxylation is 1. The van der Waals surface area contributed by atoms with Gasteiger partial charge in [-0.05, 0) is 24.5 Å². The lowest BCUT2D eigenvalue weighted by Crippen LogP contribution is -2.40. The molecule has 1 saturated heterocycles. The highest BCUT2D eigenvalue weighted by Crippen LogP contribution is 2.25. The Balaban J connectivity index is 1.63. The number of aromatic nitrogens is 4. The number of nitrogens with one attached hydrogen (secondary N) is 1. The maximum Gasteiger partial charge on any atom is 0.227 e.